The lowest BCUT2D eigenvalue weighted by molar-refractivity contribution is 0.514. The summed E-state index contributed by atoms with van der Waals surface area (Å²) in [6, 6.07) is 1.31. The van der Waals surface area contributed by atoms with Gasteiger partial charge in [0.15, 0.2) is 0 Å². The summed E-state index contributed by atoms with van der Waals surface area (Å²) >= 11 is 4.66. The quantitative estimate of drug-likeness (QED) is 0.888. The van der Waals surface area contributed by atoms with Gasteiger partial charge in [-0.15, -0.1) is 0 Å². The molecule has 19 heavy (non-hydrogen) atoms. The second kappa shape index (κ2) is 6.07. The van der Waals surface area contributed by atoms with Gasteiger partial charge in [0.2, 0.25) is 10.0 Å². The number of sulfonamides is 1. The van der Waals surface area contributed by atoms with E-state index in [-0.39, 0.29) is 10.5 Å². The number of thioether (sulfide) groups is 1. The molecular weight excluding hydrogens is 360 g/mol. The SMILES string of the molecule is O=S(=O)(NC1CCSCC1)c1c(F)cc(F)cc1Br. The Kier molecular flexibility index (Phi) is 4.86. The number of rotatable bonds is 3. The first kappa shape index (κ1) is 15.2. The van der Waals surface area contributed by atoms with Crippen LogP contribution in [0, 0.1) is 11.6 Å². The van der Waals surface area contributed by atoms with E-state index >= 15 is 0 Å². The van der Waals surface area contributed by atoms with Gasteiger partial charge in [-0.05, 0) is 46.3 Å². The van der Waals surface area contributed by atoms with Gasteiger partial charge >= 0.3 is 0 Å². The molecule has 0 radical (unpaired) electrons. The van der Waals surface area contributed by atoms with Crippen molar-refractivity contribution in [2.75, 3.05) is 11.5 Å². The van der Waals surface area contributed by atoms with Crippen molar-refractivity contribution < 1.29 is 17.2 Å². The predicted octanol–water partition coefficient (Wildman–Crippen LogP) is 2.90. The third kappa shape index (κ3) is 3.68. The zero-order valence-electron chi connectivity index (χ0n) is 9.83. The van der Waals surface area contributed by atoms with Gasteiger partial charge in [0.1, 0.15) is 16.5 Å². The Morgan fingerprint density at radius 1 is 1.26 bits per heavy atom. The Morgan fingerprint density at radius 2 is 1.89 bits per heavy atom. The van der Waals surface area contributed by atoms with Crippen LogP contribution in [-0.2, 0) is 10.0 Å². The summed E-state index contributed by atoms with van der Waals surface area (Å²) in [5, 5.41) is 0. The third-order valence-electron chi connectivity index (χ3n) is 2.77. The lowest BCUT2D eigenvalue weighted by atomic mass is 10.2. The summed E-state index contributed by atoms with van der Waals surface area (Å²) in [4.78, 5) is -0.535. The fraction of sp³-hybridized carbons (Fsp3) is 0.455. The number of hydrogen-bond donors (Lipinski definition) is 1. The van der Waals surface area contributed by atoms with Crippen molar-refractivity contribution in [3.05, 3.63) is 28.2 Å². The molecule has 1 aromatic rings. The van der Waals surface area contributed by atoms with E-state index in [9.17, 15) is 17.2 Å². The largest absolute Gasteiger partial charge is 0.244 e. The van der Waals surface area contributed by atoms with Crippen molar-refractivity contribution in [1.29, 1.82) is 0 Å². The molecule has 0 saturated carbocycles. The highest BCUT2D eigenvalue weighted by Crippen LogP contribution is 2.27. The van der Waals surface area contributed by atoms with Gasteiger partial charge in [-0.25, -0.2) is 21.9 Å². The van der Waals surface area contributed by atoms with Crippen molar-refractivity contribution in [2.45, 2.75) is 23.8 Å². The van der Waals surface area contributed by atoms with Crippen molar-refractivity contribution in [3.8, 4) is 0 Å². The Labute approximate surface area is 123 Å². The van der Waals surface area contributed by atoms with E-state index in [4.69, 9.17) is 0 Å². The number of hydrogen-bond acceptors (Lipinski definition) is 3. The van der Waals surface area contributed by atoms with Crippen LogP contribution in [0.25, 0.3) is 0 Å². The lowest BCUT2D eigenvalue weighted by Gasteiger charge is -2.22. The van der Waals surface area contributed by atoms with Crippen LogP contribution in [0.15, 0.2) is 21.5 Å². The van der Waals surface area contributed by atoms with Crippen LogP contribution in [-0.4, -0.2) is 26.0 Å². The number of benzene rings is 1. The highest BCUT2D eigenvalue weighted by atomic mass is 79.9. The topological polar surface area (TPSA) is 46.2 Å². The Morgan fingerprint density at radius 3 is 2.47 bits per heavy atom. The Bertz CT molecular complexity index is 551. The fourth-order valence-electron chi connectivity index (χ4n) is 1.88. The summed E-state index contributed by atoms with van der Waals surface area (Å²) in [5.74, 6) is -0.164. The van der Waals surface area contributed by atoms with Crippen molar-refractivity contribution in [2.24, 2.45) is 0 Å². The molecule has 2 rings (SSSR count). The van der Waals surface area contributed by atoms with Gasteiger partial charge in [-0.2, -0.15) is 11.8 Å². The first-order chi connectivity index (χ1) is 8.90. The molecule has 106 valence electrons. The molecule has 0 aromatic heterocycles. The molecule has 1 N–H and O–H groups in total. The fourth-order valence-corrected chi connectivity index (χ4v) is 5.46. The highest BCUT2D eigenvalue weighted by molar-refractivity contribution is 9.10. The summed E-state index contributed by atoms with van der Waals surface area (Å²) < 4.78 is 53.3. The van der Waals surface area contributed by atoms with E-state index < -0.39 is 26.6 Å². The van der Waals surface area contributed by atoms with Gasteiger partial charge in [0, 0.05) is 16.6 Å². The Balaban J connectivity index is 2.29. The summed E-state index contributed by atoms with van der Waals surface area (Å²) in [5.41, 5.74) is 0. The Hall–Kier alpha value is -0.180. The molecule has 1 fully saturated rings. The maximum absolute atomic E-state index is 13.7. The number of halogens is 3. The van der Waals surface area contributed by atoms with Crippen LogP contribution in [0.3, 0.4) is 0 Å². The monoisotopic (exact) mass is 371 g/mol. The predicted molar refractivity (Wildman–Crippen MR) is 74.7 cm³/mol. The van der Waals surface area contributed by atoms with Gasteiger partial charge in [-0.1, -0.05) is 0 Å². The molecule has 0 atom stereocenters. The van der Waals surface area contributed by atoms with Gasteiger partial charge in [-0.3, -0.25) is 0 Å². The van der Waals surface area contributed by atoms with Gasteiger partial charge < -0.3 is 0 Å². The van der Waals surface area contributed by atoms with E-state index in [0.29, 0.717) is 18.9 Å². The minimum atomic E-state index is -3.99. The van der Waals surface area contributed by atoms with Crippen LogP contribution in [0.5, 0.6) is 0 Å². The summed E-state index contributed by atoms with van der Waals surface area (Å²) in [6.07, 6.45) is 1.43. The zero-order valence-corrected chi connectivity index (χ0v) is 13.0. The molecule has 1 aromatic carbocycles. The molecule has 1 heterocycles. The molecule has 0 aliphatic carbocycles. The molecule has 8 heteroatoms. The standard InChI is InChI=1S/C11H12BrF2NO2S2/c12-9-5-7(13)6-10(14)11(9)19(16,17)15-8-1-3-18-4-2-8/h5-6,8,15H,1-4H2. The average molecular weight is 372 g/mol. The average Bonchev–Trinajstić information content (AvgIpc) is 2.27. The zero-order chi connectivity index (χ0) is 14.0. The molecule has 1 aliphatic rings. The highest BCUT2D eigenvalue weighted by Gasteiger charge is 2.27. The minimum absolute atomic E-state index is 0.109. The molecular formula is C11H12BrF2NO2S2. The van der Waals surface area contributed by atoms with Crippen LogP contribution < -0.4 is 4.72 Å². The first-order valence-electron chi connectivity index (χ1n) is 5.65. The van der Waals surface area contributed by atoms with Crippen LogP contribution in [0.1, 0.15) is 12.8 Å². The minimum Gasteiger partial charge on any atom is -0.208 e. The van der Waals surface area contributed by atoms with E-state index in [1.54, 1.807) is 11.8 Å². The van der Waals surface area contributed by atoms with Crippen molar-refractivity contribution in [3.63, 3.8) is 0 Å². The molecule has 3 nitrogen and oxygen atoms in total. The molecule has 0 bridgehead atoms. The second-order valence-electron chi connectivity index (χ2n) is 4.21. The van der Waals surface area contributed by atoms with Crippen LogP contribution in [0.4, 0.5) is 8.78 Å². The van der Waals surface area contributed by atoms with E-state index in [0.717, 1.165) is 17.6 Å². The molecule has 1 aliphatic heterocycles. The summed E-state index contributed by atoms with van der Waals surface area (Å²) in [7, 11) is -3.99. The van der Waals surface area contributed by atoms with E-state index in [1.165, 1.54) is 0 Å². The van der Waals surface area contributed by atoms with Gasteiger partial charge in [0.25, 0.3) is 0 Å². The van der Waals surface area contributed by atoms with E-state index in [1.807, 2.05) is 0 Å². The lowest BCUT2D eigenvalue weighted by Crippen LogP contribution is -2.37. The first-order valence-corrected chi connectivity index (χ1v) is 9.08. The van der Waals surface area contributed by atoms with Crippen LogP contribution >= 0.6 is 27.7 Å². The molecule has 1 saturated heterocycles. The van der Waals surface area contributed by atoms with Crippen molar-refractivity contribution in [1.82, 2.24) is 4.72 Å². The normalized spacial score (nSPS) is 17.6. The maximum Gasteiger partial charge on any atom is 0.244 e. The molecule has 0 spiro atoms. The van der Waals surface area contributed by atoms with Crippen LogP contribution in [0.2, 0.25) is 0 Å². The molecule has 0 unspecified atom stereocenters. The van der Waals surface area contributed by atoms with Crippen molar-refractivity contribution >= 4 is 37.7 Å². The maximum atomic E-state index is 13.7. The molecule has 0 amide bonds. The smallest absolute Gasteiger partial charge is 0.208 e. The number of nitrogens with one attached hydrogen (secondary N) is 1. The summed E-state index contributed by atoms with van der Waals surface area (Å²) in [6.45, 7) is 0. The van der Waals surface area contributed by atoms with E-state index in [2.05, 4.69) is 20.7 Å². The van der Waals surface area contributed by atoms with Gasteiger partial charge in [0.05, 0.1) is 0 Å². The second-order valence-corrected chi connectivity index (χ2v) is 7.94. The third-order valence-corrected chi connectivity index (χ3v) is 6.31.